The molecular formula is C18H18N2O5S2. The van der Waals surface area contributed by atoms with Gasteiger partial charge in [-0.2, -0.15) is 0 Å². The van der Waals surface area contributed by atoms with Gasteiger partial charge in [0.15, 0.2) is 0 Å². The molecule has 1 aliphatic carbocycles. The van der Waals surface area contributed by atoms with Crippen molar-refractivity contribution >= 4 is 33.4 Å². The molecule has 9 heteroatoms. The molecule has 27 heavy (non-hydrogen) atoms. The lowest BCUT2D eigenvalue weighted by Crippen LogP contribution is -2.32. The molecule has 0 radical (unpaired) electrons. The molecule has 0 unspecified atom stereocenters. The number of non-ortho nitro benzene ring substituents is 1. The summed E-state index contributed by atoms with van der Waals surface area (Å²) in [6.07, 6.45) is 4.57. The highest BCUT2D eigenvalue weighted by Gasteiger charge is 2.30. The standard InChI is InChI=1S/C18H18N2O5S2/c21-18(24-14-10-8-13(9-11-14)20(22)23)25-15-5-1-2-6-16(15)26-27-17-7-3-4-12-19-17/h3-4,7-12,15-16H,1-2,5-6H2/t15-,16-/m1/s1. The number of ether oxygens (including phenoxy) is 2. The molecule has 0 spiro atoms. The van der Waals surface area contributed by atoms with Crippen molar-refractivity contribution in [3.05, 3.63) is 58.8 Å². The van der Waals surface area contributed by atoms with Gasteiger partial charge in [0.05, 0.1) is 10.2 Å². The van der Waals surface area contributed by atoms with Gasteiger partial charge in [-0.25, -0.2) is 9.78 Å². The third kappa shape index (κ3) is 5.86. The van der Waals surface area contributed by atoms with Crippen LogP contribution < -0.4 is 4.74 Å². The first-order chi connectivity index (χ1) is 13.1. The molecule has 0 amide bonds. The number of aromatic nitrogens is 1. The first-order valence-corrected chi connectivity index (χ1v) is 10.7. The molecule has 1 heterocycles. The lowest BCUT2D eigenvalue weighted by molar-refractivity contribution is -0.384. The summed E-state index contributed by atoms with van der Waals surface area (Å²) >= 11 is 0. The summed E-state index contributed by atoms with van der Waals surface area (Å²) in [6.45, 7) is 0. The first-order valence-electron chi connectivity index (χ1n) is 8.49. The van der Waals surface area contributed by atoms with Gasteiger partial charge in [-0.15, -0.1) is 0 Å². The molecule has 2 aromatic rings. The molecule has 1 saturated carbocycles. The Balaban J connectivity index is 1.53. The highest BCUT2D eigenvalue weighted by molar-refractivity contribution is 8.76. The molecule has 0 N–H and O–H groups in total. The first kappa shape index (κ1) is 19.5. The SMILES string of the molecule is O=C(Oc1ccc([N+](=O)[O-])cc1)O[C@@H]1CCCC[C@H]1SSc1ccccn1. The zero-order valence-electron chi connectivity index (χ0n) is 14.4. The predicted octanol–water partition coefficient (Wildman–Crippen LogP) is 5.26. The van der Waals surface area contributed by atoms with Crippen molar-refractivity contribution < 1.29 is 19.2 Å². The van der Waals surface area contributed by atoms with Gasteiger partial charge in [0.25, 0.3) is 5.69 Å². The number of carbonyl (C=O) groups is 1. The van der Waals surface area contributed by atoms with Crippen LogP contribution in [0.2, 0.25) is 0 Å². The van der Waals surface area contributed by atoms with Gasteiger partial charge in [0.2, 0.25) is 0 Å². The number of hydrogen-bond acceptors (Lipinski definition) is 8. The quantitative estimate of drug-likeness (QED) is 0.211. The van der Waals surface area contributed by atoms with Crippen molar-refractivity contribution in [2.24, 2.45) is 0 Å². The molecular weight excluding hydrogens is 388 g/mol. The summed E-state index contributed by atoms with van der Waals surface area (Å²) in [7, 11) is 3.23. The molecule has 142 valence electrons. The average molecular weight is 406 g/mol. The van der Waals surface area contributed by atoms with Crippen LogP contribution >= 0.6 is 21.6 Å². The Morgan fingerprint density at radius 1 is 1.15 bits per heavy atom. The van der Waals surface area contributed by atoms with Gasteiger partial charge in [-0.3, -0.25) is 10.1 Å². The van der Waals surface area contributed by atoms with Crippen LogP contribution in [0.5, 0.6) is 5.75 Å². The van der Waals surface area contributed by atoms with Crippen LogP contribution in [0.25, 0.3) is 0 Å². The number of nitro groups is 1. The Labute approximate surface area is 164 Å². The molecule has 0 aliphatic heterocycles. The summed E-state index contributed by atoms with van der Waals surface area (Å²) < 4.78 is 10.7. The Morgan fingerprint density at radius 2 is 1.93 bits per heavy atom. The maximum absolute atomic E-state index is 12.1. The maximum atomic E-state index is 12.1. The monoisotopic (exact) mass is 406 g/mol. The number of pyridine rings is 1. The second-order valence-corrected chi connectivity index (χ2v) is 8.39. The van der Waals surface area contributed by atoms with E-state index >= 15 is 0 Å². The summed E-state index contributed by atoms with van der Waals surface area (Å²) in [5.41, 5.74) is -0.0639. The highest BCUT2D eigenvalue weighted by atomic mass is 33.1. The zero-order chi connectivity index (χ0) is 19.1. The van der Waals surface area contributed by atoms with Gasteiger partial charge in [-0.1, -0.05) is 23.3 Å². The van der Waals surface area contributed by atoms with E-state index in [1.54, 1.807) is 27.8 Å². The van der Waals surface area contributed by atoms with Crippen molar-refractivity contribution in [1.29, 1.82) is 0 Å². The summed E-state index contributed by atoms with van der Waals surface area (Å²) in [5.74, 6) is 0.216. The second kappa shape index (κ2) is 9.61. The second-order valence-electron chi connectivity index (χ2n) is 5.93. The van der Waals surface area contributed by atoms with Crippen molar-refractivity contribution in [3.8, 4) is 5.75 Å². The van der Waals surface area contributed by atoms with E-state index in [-0.39, 0.29) is 22.8 Å². The minimum absolute atomic E-state index is 0.0639. The van der Waals surface area contributed by atoms with Crippen LogP contribution in [0.3, 0.4) is 0 Å². The number of rotatable bonds is 6. The van der Waals surface area contributed by atoms with E-state index in [0.717, 1.165) is 30.7 Å². The number of nitrogens with zero attached hydrogens (tertiary/aromatic N) is 2. The van der Waals surface area contributed by atoms with Gasteiger partial charge in [0, 0.05) is 18.3 Å². The van der Waals surface area contributed by atoms with E-state index in [1.165, 1.54) is 24.3 Å². The predicted molar refractivity (Wildman–Crippen MR) is 104 cm³/mol. The summed E-state index contributed by atoms with van der Waals surface area (Å²) in [5, 5.41) is 11.7. The van der Waals surface area contributed by atoms with Crippen molar-refractivity contribution in [2.75, 3.05) is 0 Å². The Hall–Kier alpha value is -2.26. The number of benzene rings is 1. The van der Waals surface area contributed by atoms with Crippen molar-refractivity contribution in [1.82, 2.24) is 4.98 Å². The Bertz CT molecular complexity index is 773. The van der Waals surface area contributed by atoms with Crippen LogP contribution in [-0.4, -0.2) is 27.4 Å². The van der Waals surface area contributed by atoms with E-state index in [9.17, 15) is 14.9 Å². The molecule has 0 bridgehead atoms. The van der Waals surface area contributed by atoms with Gasteiger partial charge in [0.1, 0.15) is 16.9 Å². The molecule has 7 nitrogen and oxygen atoms in total. The van der Waals surface area contributed by atoms with E-state index in [1.807, 2.05) is 18.2 Å². The van der Waals surface area contributed by atoms with Gasteiger partial charge >= 0.3 is 6.16 Å². The zero-order valence-corrected chi connectivity index (χ0v) is 16.0. The van der Waals surface area contributed by atoms with Crippen LogP contribution in [0.4, 0.5) is 10.5 Å². The smallest absolute Gasteiger partial charge is 0.429 e. The third-order valence-electron chi connectivity index (χ3n) is 4.03. The molecule has 1 aromatic carbocycles. The molecule has 0 saturated heterocycles. The average Bonchev–Trinajstić information content (AvgIpc) is 2.68. The normalized spacial score (nSPS) is 19.3. The minimum Gasteiger partial charge on any atom is -0.429 e. The summed E-state index contributed by atoms with van der Waals surface area (Å²) in [6, 6.07) is 11.1. The Morgan fingerprint density at radius 3 is 2.63 bits per heavy atom. The van der Waals surface area contributed by atoms with Crippen LogP contribution in [0.15, 0.2) is 53.7 Å². The fourth-order valence-electron chi connectivity index (χ4n) is 2.69. The fraction of sp³-hybridized carbons (Fsp3) is 0.333. The molecule has 2 atom stereocenters. The molecule has 1 aliphatic rings. The largest absolute Gasteiger partial charge is 0.514 e. The van der Waals surface area contributed by atoms with Crippen LogP contribution in [0.1, 0.15) is 25.7 Å². The highest BCUT2D eigenvalue weighted by Crippen LogP contribution is 2.40. The maximum Gasteiger partial charge on any atom is 0.514 e. The van der Waals surface area contributed by atoms with Gasteiger partial charge in [-0.05, 0) is 54.3 Å². The van der Waals surface area contributed by atoms with Gasteiger partial charge < -0.3 is 9.47 Å². The molecule has 3 rings (SSSR count). The van der Waals surface area contributed by atoms with E-state index in [0.29, 0.717) is 0 Å². The number of carbonyl (C=O) groups excluding carboxylic acids is 1. The van der Waals surface area contributed by atoms with Crippen LogP contribution in [0, 0.1) is 10.1 Å². The third-order valence-corrected chi connectivity index (χ3v) is 6.87. The van der Waals surface area contributed by atoms with E-state index in [2.05, 4.69) is 4.98 Å². The van der Waals surface area contributed by atoms with Crippen LogP contribution in [-0.2, 0) is 4.74 Å². The van der Waals surface area contributed by atoms with E-state index in [4.69, 9.17) is 9.47 Å². The lowest BCUT2D eigenvalue weighted by atomic mass is 9.97. The topological polar surface area (TPSA) is 91.6 Å². The van der Waals surface area contributed by atoms with E-state index < -0.39 is 11.1 Å². The lowest BCUT2D eigenvalue weighted by Gasteiger charge is -2.29. The fourth-order valence-corrected chi connectivity index (χ4v) is 5.36. The van der Waals surface area contributed by atoms with Crippen molar-refractivity contribution in [3.63, 3.8) is 0 Å². The summed E-state index contributed by atoms with van der Waals surface area (Å²) in [4.78, 5) is 26.6. The van der Waals surface area contributed by atoms with Crippen molar-refractivity contribution in [2.45, 2.75) is 42.1 Å². The number of nitro benzene ring substituents is 1. The Kier molecular flexibility index (Phi) is 6.94. The molecule has 1 aromatic heterocycles. The number of hydrogen-bond donors (Lipinski definition) is 0. The minimum atomic E-state index is -0.788. The molecule has 1 fully saturated rings.